The van der Waals surface area contributed by atoms with Crippen LogP contribution in [0.15, 0.2) is 24.3 Å². The third-order valence-electron chi connectivity index (χ3n) is 6.10. The van der Waals surface area contributed by atoms with Gasteiger partial charge in [0, 0.05) is 19.3 Å². The number of nitrogens with one attached hydrogen (secondary N) is 3. The second kappa shape index (κ2) is 8.45. The Morgan fingerprint density at radius 3 is 1.70 bits per heavy atom. The quantitative estimate of drug-likeness (QED) is 0.367. The number of nitrogens with zero attached hydrogens (tertiary/aromatic N) is 3. The van der Waals surface area contributed by atoms with Gasteiger partial charge >= 0.3 is 33.0 Å². The first-order valence-electron chi connectivity index (χ1n) is 11.0. The van der Waals surface area contributed by atoms with Crippen molar-refractivity contribution in [2.24, 2.45) is 0 Å². The second-order valence-corrected chi connectivity index (χ2v) is 14.1. The second-order valence-electron chi connectivity index (χ2n) is 8.59. The van der Waals surface area contributed by atoms with Gasteiger partial charge in [0.25, 0.3) is 7.49 Å². The van der Waals surface area contributed by atoms with Gasteiger partial charge in [-0.3, -0.25) is 16.0 Å². The van der Waals surface area contributed by atoms with Gasteiger partial charge in [-0.05, 0) is 61.1 Å². The van der Waals surface area contributed by atoms with E-state index in [0.29, 0.717) is 17.3 Å². The molecule has 2 aromatic rings. The van der Waals surface area contributed by atoms with Crippen LogP contribution >= 0.6 is 15.3 Å². The molecular weight excluding hydrogens is 492 g/mol. The summed E-state index contributed by atoms with van der Waals surface area (Å²) in [6.07, 6.45) is 7.26. The molecule has 0 spiro atoms. The van der Waals surface area contributed by atoms with E-state index in [1.165, 1.54) is 38.5 Å². The van der Waals surface area contributed by atoms with Crippen LogP contribution < -0.4 is 20.6 Å². The van der Waals surface area contributed by atoms with E-state index in [2.05, 4.69) is 32.3 Å². The zero-order chi connectivity index (χ0) is 23.8. The van der Waals surface area contributed by atoms with E-state index >= 15 is 0 Å². The number of hydrogen-bond acceptors (Lipinski definition) is 6. The molecule has 0 radical (unpaired) electrons. The Balaban J connectivity index is 0.000000325. The summed E-state index contributed by atoms with van der Waals surface area (Å²) >= 11 is 0. The predicted octanol–water partition coefficient (Wildman–Crippen LogP) is 5.30. The van der Waals surface area contributed by atoms with Crippen molar-refractivity contribution in [3.8, 4) is 0 Å². The Kier molecular flexibility index (Phi) is 6.36. The summed E-state index contributed by atoms with van der Waals surface area (Å²) < 4.78 is 66.2. The zero-order valence-electron chi connectivity index (χ0n) is 17.8. The van der Waals surface area contributed by atoms with Crippen LogP contribution in [0, 0.1) is 0 Å². The van der Waals surface area contributed by atoms with Gasteiger partial charge in [-0.25, -0.2) is 4.62 Å². The third-order valence-corrected chi connectivity index (χ3v) is 10.8. The summed E-state index contributed by atoms with van der Waals surface area (Å²) in [7, 11) is -12.6. The fourth-order valence-electron chi connectivity index (χ4n) is 4.90. The first kappa shape index (κ1) is 24.9. The normalized spacial score (nSPS) is 29.7. The Hall–Kier alpha value is -1.26. The number of para-hydroxylation sites is 1. The molecule has 3 aliphatic rings. The fraction of sp³-hybridized carbons (Fsp3) is 0.667. The molecule has 33 heavy (non-hydrogen) atoms. The summed E-state index contributed by atoms with van der Waals surface area (Å²) in [6.45, 7) is 3.27. The Bertz CT molecular complexity index is 904. The van der Waals surface area contributed by atoms with Gasteiger partial charge in [0.05, 0.1) is 0 Å². The van der Waals surface area contributed by atoms with Gasteiger partial charge in [-0.2, -0.15) is 0 Å². The average Bonchev–Trinajstić information content (AvgIpc) is 3.53. The monoisotopic (exact) mass is 520 g/mol. The Morgan fingerprint density at radius 2 is 1.27 bits per heavy atom. The van der Waals surface area contributed by atoms with Crippen LogP contribution in [-0.2, 0) is 0 Å². The molecule has 1 aromatic carbocycles. The fourth-order valence-corrected chi connectivity index (χ4v) is 9.93. The number of benzene rings is 1. The van der Waals surface area contributed by atoms with Crippen LogP contribution in [-0.4, -0.2) is 52.1 Å². The van der Waals surface area contributed by atoms with Gasteiger partial charge in [-0.1, -0.05) is 12.1 Å². The van der Waals surface area contributed by atoms with E-state index in [1.54, 1.807) is 4.85 Å². The van der Waals surface area contributed by atoms with Gasteiger partial charge in [-0.15, -0.1) is 5.10 Å². The van der Waals surface area contributed by atoms with E-state index < -0.39 is 15.3 Å². The zero-order valence-corrected chi connectivity index (χ0v) is 19.6. The largest absolute Gasteiger partial charge is 0.280 e. The molecule has 15 heteroatoms. The first-order valence-corrected chi connectivity index (χ1v) is 14.9. The maximum atomic E-state index is 9.87. The van der Waals surface area contributed by atoms with Crippen molar-refractivity contribution in [3.63, 3.8) is 0 Å². The predicted molar refractivity (Wildman–Crippen MR) is 118 cm³/mol. The van der Waals surface area contributed by atoms with Crippen molar-refractivity contribution in [1.82, 2.24) is 31.1 Å². The van der Waals surface area contributed by atoms with Crippen LogP contribution in [0.25, 0.3) is 11.0 Å². The molecule has 1 aromatic heterocycles. The van der Waals surface area contributed by atoms with Crippen molar-refractivity contribution in [2.45, 2.75) is 55.9 Å². The van der Waals surface area contributed by atoms with E-state index in [4.69, 9.17) is 4.62 Å². The molecule has 0 bridgehead atoms. The van der Waals surface area contributed by atoms with Crippen LogP contribution in [0.3, 0.4) is 0 Å². The summed E-state index contributed by atoms with van der Waals surface area (Å²) in [5.41, 5.74) is 1.86. The molecule has 3 saturated heterocycles. The molecular formula is C18H28F6N6OP2. The van der Waals surface area contributed by atoms with Crippen LogP contribution in [0.4, 0.5) is 25.2 Å². The summed E-state index contributed by atoms with van der Waals surface area (Å²) in [5, 5.41) is 20.1. The van der Waals surface area contributed by atoms with Gasteiger partial charge in [0.15, 0.2) is 17.3 Å². The number of aromatic nitrogens is 3. The molecule has 3 atom stereocenters. The number of halogens is 6. The number of hydrogen-bond donors (Lipinski definition) is 3. The van der Waals surface area contributed by atoms with Crippen molar-refractivity contribution >= 4 is 26.3 Å². The van der Waals surface area contributed by atoms with Crippen molar-refractivity contribution in [3.05, 3.63) is 24.3 Å². The van der Waals surface area contributed by atoms with Gasteiger partial charge in [0.1, 0.15) is 11.0 Å². The van der Waals surface area contributed by atoms with Crippen LogP contribution in [0.5, 0.6) is 0 Å². The molecule has 3 N–H and O–H groups in total. The maximum absolute atomic E-state index is 10.7. The molecule has 3 aliphatic heterocycles. The van der Waals surface area contributed by atoms with Gasteiger partial charge in [0.2, 0.25) is 0 Å². The smallest absolute Gasteiger partial charge is 0.275 e. The average molecular weight is 520 g/mol. The molecule has 3 unspecified atom stereocenters. The van der Waals surface area contributed by atoms with E-state index in [0.717, 1.165) is 30.7 Å². The molecule has 188 valence electrons. The Morgan fingerprint density at radius 1 is 0.818 bits per heavy atom. The first-order chi connectivity index (χ1) is 15.3. The maximum Gasteiger partial charge on any atom is 0.275 e. The Labute approximate surface area is 187 Å². The van der Waals surface area contributed by atoms with Gasteiger partial charge < -0.3 is 0 Å². The molecule has 4 heterocycles. The third kappa shape index (κ3) is 6.45. The standard InChI is InChI=1S/C18H28N6OP.F6P/c1-2-7-15-14(6-1)22-23-24(15)25-26(16-8-3-11-19-16,17-9-4-12-20-17)18-10-5-13-21-18;1-7(2,3,4,5)6/h1-2,6-7,16-21H,3-5,8-13H2;/q+1;-1. The minimum atomic E-state index is -10.7. The summed E-state index contributed by atoms with van der Waals surface area (Å²) in [6, 6.07) is 8.08. The van der Waals surface area contributed by atoms with Crippen LogP contribution in [0.1, 0.15) is 38.5 Å². The number of fused-ring (bicyclic) bond motifs is 1. The molecule has 3 fully saturated rings. The van der Waals surface area contributed by atoms with Crippen molar-refractivity contribution in [1.29, 1.82) is 0 Å². The van der Waals surface area contributed by atoms with Crippen LogP contribution in [0.2, 0.25) is 0 Å². The summed E-state index contributed by atoms with van der Waals surface area (Å²) in [5.74, 6) is 1.28. The molecule has 0 aliphatic carbocycles. The SMILES string of the molecule is F[P-](F)(F)(F)(F)F.c1ccc2c(c1)nnn2O[P+](C1CCCN1)(C1CCCN1)C1CCCN1. The summed E-state index contributed by atoms with van der Waals surface area (Å²) in [4.78, 5) is 1.73. The molecule has 0 amide bonds. The molecule has 0 saturated carbocycles. The van der Waals surface area contributed by atoms with E-state index in [1.807, 2.05) is 18.2 Å². The molecule has 5 rings (SSSR count). The number of rotatable bonds is 5. The van der Waals surface area contributed by atoms with E-state index in [-0.39, 0.29) is 0 Å². The minimum Gasteiger partial charge on any atom is -0.280 e. The minimum absolute atomic E-state index is 0.427. The van der Waals surface area contributed by atoms with Crippen molar-refractivity contribution < 1.29 is 29.8 Å². The topological polar surface area (TPSA) is 76.0 Å². The van der Waals surface area contributed by atoms with Crippen molar-refractivity contribution in [2.75, 3.05) is 19.6 Å². The van der Waals surface area contributed by atoms with E-state index in [9.17, 15) is 25.2 Å². The molecule has 7 nitrogen and oxygen atoms in total.